The van der Waals surface area contributed by atoms with Crippen LogP contribution < -0.4 is 0 Å². The molecule has 0 aliphatic carbocycles. The number of nitrogens with zero attached hydrogens (tertiary/aromatic N) is 2. The molecule has 0 spiro atoms. The maximum atomic E-state index is 13.8. The molecule has 1 aromatic heterocycles. The molecule has 1 fully saturated rings. The standard InChI is InChI=1S/C12H10F4N2O3/c13-11(10(20)21)3-4-18(6-11)9(19)7-1-2-8(17-5-7)12(14,15)16/h1-2,5H,3-4,6H2,(H,20,21). The summed E-state index contributed by atoms with van der Waals surface area (Å²) in [5.74, 6) is -2.42. The van der Waals surface area contributed by atoms with Gasteiger partial charge in [0.05, 0.1) is 12.1 Å². The third-order valence-electron chi connectivity index (χ3n) is 3.19. The van der Waals surface area contributed by atoms with Crippen LogP contribution in [-0.2, 0) is 11.0 Å². The lowest BCUT2D eigenvalue weighted by molar-refractivity contribution is -0.149. The number of likely N-dealkylation sites (tertiary alicyclic amines) is 1. The maximum absolute atomic E-state index is 13.8. The molecular formula is C12H10F4N2O3. The molecule has 0 saturated carbocycles. The van der Waals surface area contributed by atoms with E-state index in [1.54, 1.807) is 0 Å². The fourth-order valence-electron chi connectivity index (χ4n) is 1.99. The summed E-state index contributed by atoms with van der Waals surface area (Å²) in [7, 11) is 0. The van der Waals surface area contributed by atoms with Crippen LogP contribution in [0.1, 0.15) is 22.5 Å². The van der Waals surface area contributed by atoms with Crippen molar-refractivity contribution in [1.82, 2.24) is 9.88 Å². The van der Waals surface area contributed by atoms with Gasteiger partial charge in [0.1, 0.15) is 5.69 Å². The van der Waals surface area contributed by atoms with Gasteiger partial charge in [-0.3, -0.25) is 9.78 Å². The number of amides is 1. The Balaban J connectivity index is 2.13. The van der Waals surface area contributed by atoms with E-state index in [2.05, 4.69) is 4.98 Å². The fraction of sp³-hybridized carbons (Fsp3) is 0.417. The largest absolute Gasteiger partial charge is 0.479 e. The van der Waals surface area contributed by atoms with E-state index in [1.807, 2.05) is 0 Å². The predicted molar refractivity (Wildman–Crippen MR) is 61.2 cm³/mol. The molecule has 21 heavy (non-hydrogen) atoms. The molecule has 2 heterocycles. The van der Waals surface area contributed by atoms with Gasteiger partial charge in [0, 0.05) is 19.2 Å². The normalized spacial score (nSPS) is 22.4. The highest BCUT2D eigenvalue weighted by Crippen LogP contribution is 2.29. The van der Waals surface area contributed by atoms with Gasteiger partial charge in [-0.2, -0.15) is 13.2 Å². The molecule has 9 heteroatoms. The maximum Gasteiger partial charge on any atom is 0.433 e. The first kappa shape index (κ1) is 15.2. The monoisotopic (exact) mass is 306 g/mol. The van der Waals surface area contributed by atoms with Crippen LogP contribution in [-0.4, -0.2) is 45.6 Å². The molecule has 5 nitrogen and oxygen atoms in total. The van der Waals surface area contributed by atoms with E-state index in [1.165, 1.54) is 0 Å². The highest BCUT2D eigenvalue weighted by atomic mass is 19.4. The Morgan fingerprint density at radius 3 is 2.43 bits per heavy atom. The van der Waals surface area contributed by atoms with E-state index >= 15 is 0 Å². The molecule has 1 N–H and O–H groups in total. The summed E-state index contributed by atoms with van der Waals surface area (Å²) in [6.45, 7) is -0.759. The molecule has 1 aliphatic rings. The molecule has 1 aliphatic heterocycles. The number of pyridine rings is 1. The highest BCUT2D eigenvalue weighted by molar-refractivity contribution is 5.95. The molecule has 2 rings (SSSR count). The molecule has 0 bridgehead atoms. The lowest BCUT2D eigenvalue weighted by Gasteiger charge is -2.17. The molecule has 1 saturated heterocycles. The summed E-state index contributed by atoms with van der Waals surface area (Å²) in [4.78, 5) is 26.8. The number of aliphatic carboxylic acids is 1. The van der Waals surface area contributed by atoms with Gasteiger partial charge in [0.15, 0.2) is 0 Å². The highest BCUT2D eigenvalue weighted by Gasteiger charge is 2.47. The van der Waals surface area contributed by atoms with Crippen LogP contribution in [0.3, 0.4) is 0 Å². The first-order valence-electron chi connectivity index (χ1n) is 5.88. The van der Waals surface area contributed by atoms with Crippen LogP contribution >= 0.6 is 0 Å². The van der Waals surface area contributed by atoms with Crippen molar-refractivity contribution in [3.05, 3.63) is 29.6 Å². The number of rotatable bonds is 2. The quantitative estimate of drug-likeness (QED) is 0.845. The predicted octanol–water partition coefficient (Wildman–Crippen LogP) is 1.74. The topological polar surface area (TPSA) is 70.5 Å². The second kappa shape index (κ2) is 4.97. The lowest BCUT2D eigenvalue weighted by Crippen LogP contribution is -2.38. The number of alkyl halides is 4. The summed E-state index contributed by atoms with van der Waals surface area (Å²) in [5.41, 5.74) is -3.82. The molecule has 1 amide bonds. The van der Waals surface area contributed by atoms with Gasteiger partial charge in [-0.05, 0) is 12.1 Å². The van der Waals surface area contributed by atoms with Crippen molar-refractivity contribution in [2.75, 3.05) is 13.1 Å². The van der Waals surface area contributed by atoms with Crippen LogP contribution in [0, 0.1) is 0 Å². The Morgan fingerprint density at radius 1 is 1.33 bits per heavy atom. The number of carbonyl (C=O) groups is 2. The van der Waals surface area contributed by atoms with E-state index in [-0.39, 0.29) is 18.5 Å². The van der Waals surface area contributed by atoms with Crippen LogP contribution in [0.5, 0.6) is 0 Å². The second-order valence-electron chi connectivity index (χ2n) is 4.68. The van der Waals surface area contributed by atoms with Crippen molar-refractivity contribution in [1.29, 1.82) is 0 Å². The minimum atomic E-state index is -4.62. The third kappa shape index (κ3) is 2.96. The average Bonchev–Trinajstić information content (AvgIpc) is 2.81. The summed E-state index contributed by atoms with van der Waals surface area (Å²) in [5, 5.41) is 8.72. The zero-order valence-corrected chi connectivity index (χ0v) is 10.5. The van der Waals surface area contributed by atoms with Crippen molar-refractivity contribution < 1.29 is 32.3 Å². The van der Waals surface area contributed by atoms with Crippen LogP contribution in [0.4, 0.5) is 17.6 Å². The van der Waals surface area contributed by atoms with Gasteiger partial charge in [-0.1, -0.05) is 0 Å². The minimum absolute atomic E-state index is 0.122. The molecule has 1 atom stereocenters. The Hall–Kier alpha value is -2.19. The van der Waals surface area contributed by atoms with E-state index < -0.39 is 36.0 Å². The van der Waals surface area contributed by atoms with Gasteiger partial charge < -0.3 is 10.0 Å². The zero-order chi connectivity index (χ0) is 15.8. The number of carbonyl (C=O) groups excluding carboxylic acids is 1. The Bertz CT molecular complexity index is 573. The zero-order valence-electron chi connectivity index (χ0n) is 10.5. The van der Waals surface area contributed by atoms with Crippen molar-refractivity contribution in [3.63, 3.8) is 0 Å². The molecule has 0 aromatic carbocycles. The van der Waals surface area contributed by atoms with E-state index in [4.69, 9.17) is 5.11 Å². The van der Waals surface area contributed by atoms with E-state index in [0.29, 0.717) is 6.07 Å². The Labute approximate surface area is 116 Å². The van der Waals surface area contributed by atoms with Gasteiger partial charge in [0.25, 0.3) is 5.91 Å². The third-order valence-corrected chi connectivity index (χ3v) is 3.19. The fourth-order valence-corrected chi connectivity index (χ4v) is 1.99. The SMILES string of the molecule is O=C(c1ccc(C(F)(F)F)nc1)N1CCC(F)(C(=O)O)C1. The summed E-state index contributed by atoms with van der Waals surface area (Å²) in [6.07, 6.45) is -4.24. The van der Waals surface area contributed by atoms with Crippen molar-refractivity contribution >= 4 is 11.9 Å². The molecule has 1 unspecified atom stereocenters. The van der Waals surface area contributed by atoms with Gasteiger partial charge >= 0.3 is 12.1 Å². The summed E-state index contributed by atoms with van der Waals surface area (Å²) in [6, 6.07) is 1.57. The van der Waals surface area contributed by atoms with E-state index in [0.717, 1.165) is 17.2 Å². The lowest BCUT2D eigenvalue weighted by atomic mass is 10.1. The first-order valence-corrected chi connectivity index (χ1v) is 5.88. The number of halogens is 4. The molecule has 114 valence electrons. The van der Waals surface area contributed by atoms with Crippen molar-refractivity contribution in [2.45, 2.75) is 18.3 Å². The van der Waals surface area contributed by atoms with E-state index in [9.17, 15) is 27.2 Å². The summed E-state index contributed by atoms with van der Waals surface area (Å²) >= 11 is 0. The second-order valence-corrected chi connectivity index (χ2v) is 4.68. The number of hydrogen-bond acceptors (Lipinski definition) is 3. The Kier molecular flexibility index (Phi) is 3.60. The number of hydrogen-bond donors (Lipinski definition) is 1. The number of carboxylic acid groups (broad SMARTS) is 1. The van der Waals surface area contributed by atoms with Crippen LogP contribution in [0.15, 0.2) is 18.3 Å². The molecular weight excluding hydrogens is 296 g/mol. The summed E-state index contributed by atoms with van der Waals surface area (Å²) < 4.78 is 50.8. The average molecular weight is 306 g/mol. The van der Waals surface area contributed by atoms with Crippen molar-refractivity contribution in [3.8, 4) is 0 Å². The smallest absolute Gasteiger partial charge is 0.433 e. The van der Waals surface area contributed by atoms with Crippen molar-refractivity contribution in [2.24, 2.45) is 0 Å². The van der Waals surface area contributed by atoms with Gasteiger partial charge in [-0.15, -0.1) is 0 Å². The van der Waals surface area contributed by atoms with Gasteiger partial charge in [-0.25, -0.2) is 9.18 Å². The molecule has 1 aromatic rings. The first-order chi connectivity index (χ1) is 9.63. The Morgan fingerprint density at radius 2 is 2.00 bits per heavy atom. The van der Waals surface area contributed by atoms with Crippen LogP contribution in [0.25, 0.3) is 0 Å². The number of carboxylic acids is 1. The van der Waals surface area contributed by atoms with Gasteiger partial charge in [0.2, 0.25) is 5.67 Å². The molecule has 0 radical (unpaired) electrons. The number of aromatic nitrogens is 1. The minimum Gasteiger partial charge on any atom is -0.479 e. The van der Waals surface area contributed by atoms with Crippen LogP contribution in [0.2, 0.25) is 0 Å².